The van der Waals surface area contributed by atoms with Gasteiger partial charge in [-0.15, -0.1) is 0 Å². The van der Waals surface area contributed by atoms with Crippen LogP contribution in [0.5, 0.6) is 0 Å². The van der Waals surface area contributed by atoms with Gasteiger partial charge in [-0.2, -0.15) is 14.0 Å². The van der Waals surface area contributed by atoms with Crippen LogP contribution < -0.4 is 14.0 Å². The van der Waals surface area contributed by atoms with E-state index in [1.165, 1.54) is 0 Å². The average molecular weight is 215 g/mol. The smallest absolute Gasteiger partial charge is 1.00 e. The number of halogens is 1. The van der Waals surface area contributed by atoms with Crippen molar-refractivity contribution in [1.29, 1.82) is 0 Å². The quantitative estimate of drug-likeness (QED) is 0.388. The third-order valence-electron chi connectivity index (χ3n) is 0. The zero-order valence-electron chi connectivity index (χ0n) is 6.76. The minimum atomic E-state index is -4.69. The Kier molecular flexibility index (Phi) is 71.6. The van der Waals surface area contributed by atoms with Gasteiger partial charge in [-0.05, 0) is 0 Å². The van der Waals surface area contributed by atoms with E-state index in [2.05, 4.69) is 0 Å². The number of hydrogen-bond donors (Lipinski definition) is 1. The predicted molar refractivity (Wildman–Crippen MR) is 24.7 cm³/mol. The van der Waals surface area contributed by atoms with Gasteiger partial charge in [0.25, 0.3) is 0 Å². The van der Waals surface area contributed by atoms with Crippen molar-refractivity contribution in [3.63, 3.8) is 0 Å². The molecule has 0 aromatic heterocycles. The van der Waals surface area contributed by atoms with Crippen LogP contribution >= 0.6 is 0 Å². The van der Waals surface area contributed by atoms with Crippen molar-refractivity contribution >= 4 is 37.7 Å². The first-order valence-corrected chi connectivity index (χ1v) is 1.90. The summed E-state index contributed by atoms with van der Waals surface area (Å²) in [5, 5.41) is 0. The van der Waals surface area contributed by atoms with E-state index in [0.717, 1.165) is 0 Å². The summed E-state index contributed by atoms with van der Waals surface area (Å²) in [6.07, 6.45) is 0. The van der Waals surface area contributed by atoms with Crippen LogP contribution in [0, 0.1) is 10.2 Å². The number of hydrogen-bond acceptors (Lipinski definition) is 4. The molecule has 9 N–H and O–H groups in total. The largest absolute Gasteiger partial charge is 2.00 e. The summed E-state index contributed by atoms with van der Waals surface area (Å²) in [6, 6.07) is 0. The summed E-state index contributed by atoms with van der Waals surface area (Å²) in [6.45, 7) is 0. The molecule has 0 aliphatic carbocycles. The molecule has 0 spiro atoms. The van der Waals surface area contributed by atoms with Crippen molar-refractivity contribution < 1.29 is 53.6 Å². The van der Waals surface area contributed by atoms with Gasteiger partial charge in [-0.1, -0.05) is 0 Å². The van der Waals surface area contributed by atoms with E-state index in [-0.39, 0.29) is 62.5 Å². The average Bonchev–Trinajstić information content (AvgIpc) is 0.722. The van der Waals surface area contributed by atoms with E-state index in [1.807, 2.05) is 0 Å². The molecule has 0 aliphatic heterocycles. The van der Waals surface area contributed by atoms with Crippen molar-refractivity contribution in [3.8, 4) is 0 Å². The maximum Gasteiger partial charge on any atom is 2.00 e. The standard InChI is InChI=1S/Ca.ClHO4.4H2O.2H/c;2-1(3,4)5;;;;;;/h;(H,2,3,4,5);4*1H2;;/q+2;;;;;;2*-1. The summed E-state index contributed by atoms with van der Waals surface area (Å²) in [5.41, 5.74) is 0. The van der Waals surface area contributed by atoms with Gasteiger partial charge in [0, 0.05) is 0 Å². The normalized spacial score (nSPS) is 6.00. The van der Waals surface area contributed by atoms with Crippen LogP contribution in [0.4, 0.5) is 0 Å². The van der Waals surface area contributed by atoms with Crippen LogP contribution in [0.15, 0.2) is 0 Å². The molecule has 0 radical (unpaired) electrons. The van der Waals surface area contributed by atoms with Crippen LogP contribution in [0.2, 0.25) is 0 Å². The van der Waals surface area contributed by atoms with Gasteiger partial charge in [0.05, 0.1) is 14.9 Å². The Hall–Kier alpha value is 1.23. The van der Waals surface area contributed by atoms with Crippen LogP contribution in [0.25, 0.3) is 0 Å². The van der Waals surface area contributed by atoms with Gasteiger partial charge < -0.3 is 24.8 Å². The SMILES string of the molecule is O.O.O.O.[Ca+2].[H-].[H-].[O-][Cl+3]([O-])([O-])O. The Labute approximate surface area is 91.0 Å². The Morgan fingerprint density at radius 3 is 0.900 bits per heavy atom. The second kappa shape index (κ2) is 16.7. The van der Waals surface area contributed by atoms with E-state index < -0.39 is 10.2 Å². The fourth-order valence-corrected chi connectivity index (χ4v) is 0. The molecule has 10 heteroatoms. The van der Waals surface area contributed by atoms with Crippen LogP contribution in [-0.4, -0.2) is 64.3 Å². The van der Waals surface area contributed by atoms with E-state index in [1.54, 1.807) is 0 Å². The predicted octanol–water partition coefficient (Wildman–Crippen LogP) is -7.58. The molecule has 0 fully saturated rings. The molecule has 0 heterocycles. The Morgan fingerprint density at radius 2 is 0.900 bits per heavy atom. The first-order valence-electron chi connectivity index (χ1n) is 0.632. The molecule has 0 atom stereocenters. The van der Waals surface area contributed by atoms with Crippen LogP contribution in [0.3, 0.4) is 0 Å². The van der Waals surface area contributed by atoms with Crippen LogP contribution in [0.1, 0.15) is 2.85 Å². The summed E-state index contributed by atoms with van der Waals surface area (Å²) >= 11 is 0. The minimum absolute atomic E-state index is 0. The van der Waals surface area contributed by atoms with Gasteiger partial charge in [0.2, 0.25) is 0 Å². The summed E-state index contributed by atoms with van der Waals surface area (Å²) in [5.74, 6) is 0. The fourth-order valence-electron chi connectivity index (χ4n) is 0. The second-order valence-corrected chi connectivity index (χ2v) is 1.19. The maximum atomic E-state index is 8.60. The molecular formula is H11CaClO8. The maximum absolute atomic E-state index is 8.60. The second-order valence-electron chi connectivity index (χ2n) is 0.396. The first kappa shape index (κ1) is 43.0. The van der Waals surface area contributed by atoms with Crippen molar-refractivity contribution in [2.24, 2.45) is 0 Å². The Morgan fingerprint density at radius 1 is 0.900 bits per heavy atom. The zero-order chi connectivity index (χ0) is 4.50. The Bertz CT molecular complexity index is 32.5. The third-order valence-corrected chi connectivity index (χ3v) is 0. The molecule has 0 aromatic carbocycles. The van der Waals surface area contributed by atoms with E-state index in [9.17, 15) is 0 Å². The zero-order valence-corrected chi connectivity index (χ0v) is 7.72. The fraction of sp³-hybridized carbons (Fsp3) is 0. The topological polar surface area (TPSA) is 215 Å². The molecule has 0 saturated heterocycles. The Balaban J connectivity index is -0.00000000381. The molecule has 0 amide bonds. The van der Waals surface area contributed by atoms with E-state index in [4.69, 9.17) is 18.6 Å². The van der Waals surface area contributed by atoms with Gasteiger partial charge in [0.15, 0.2) is 0 Å². The van der Waals surface area contributed by atoms with E-state index >= 15 is 0 Å². The van der Waals surface area contributed by atoms with Crippen molar-refractivity contribution in [2.45, 2.75) is 0 Å². The molecule has 0 aromatic rings. The van der Waals surface area contributed by atoms with Crippen LogP contribution in [-0.2, 0) is 0 Å². The summed E-state index contributed by atoms with van der Waals surface area (Å²) in [4.78, 5) is 0. The summed E-state index contributed by atoms with van der Waals surface area (Å²) < 4.78 is 32.7. The van der Waals surface area contributed by atoms with Crippen molar-refractivity contribution in [3.05, 3.63) is 0 Å². The first-order chi connectivity index (χ1) is 2.00. The molecule has 0 rings (SSSR count). The third kappa shape index (κ3) is 413. The molecule has 0 saturated carbocycles. The molecular weight excluding hydrogens is 204 g/mol. The minimum Gasteiger partial charge on any atom is -1.00 e. The van der Waals surface area contributed by atoms with Gasteiger partial charge >= 0.3 is 37.7 Å². The molecule has 8 nitrogen and oxygen atoms in total. The molecule has 0 bridgehead atoms. The molecule has 68 valence electrons. The molecule has 0 unspecified atom stereocenters. The van der Waals surface area contributed by atoms with Gasteiger partial charge in [-0.3, -0.25) is 0 Å². The van der Waals surface area contributed by atoms with Crippen molar-refractivity contribution in [1.82, 2.24) is 0 Å². The molecule has 10 heavy (non-hydrogen) atoms. The summed E-state index contributed by atoms with van der Waals surface area (Å²) in [7, 11) is -4.69. The molecule has 0 aliphatic rings. The number of rotatable bonds is 0. The van der Waals surface area contributed by atoms with Gasteiger partial charge in [0.1, 0.15) is 0 Å². The van der Waals surface area contributed by atoms with E-state index in [0.29, 0.717) is 0 Å². The van der Waals surface area contributed by atoms with Gasteiger partial charge in [-0.25, -0.2) is 0 Å². The monoisotopic (exact) mass is 214 g/mol. The van der Waals surface area contributed by atoms with Crippen molar-refractivity contribution in [2.75, 3.05) is 0 Å².